The molecule has 1 aliphatic carbocycles. The van der Waals surface area contributed by atoms with Gasteiger partial charge in [0.25, 0.3) is 0 Å². The molecule has 0 saturated heterocycles. The minimum absolute atomic E-state index is 0.206. The molecular formula is C15H23NO3. The van der Waals surface area contributed by atoms with Gasteiger partial charge in [-0.05, 0) is 18.9 Å². The van der Waals surface area contributed by atoms with Gasteiger partial charge in [-0.15, -0.1) is 0 Å². The Morgan fingerprint density at radius 1 is 1.42 bits per heavy atom. The van der Waals surface area contributed by atoms with E-state index < -0.39 is 0 Å². The van der Waals surface area contributed by atoms with Crippen LogP contribution in [0.5, 0.6) is 0 Å². The second-order valence-electron chi connectivity index (χ2n) is 5.22. The Bertz CT molecular complexity index is 369. The summed E-state index contributed by atoms with van der Waals surface area (Å²) in [6.07, 6.45) is 9.05. The lowest BCUT2D eigenvalue weighted by Crippen LogP contribution is -2.38. The minimum atomic E-state index is 0.206. The molecule has 0 N–H and O–H groups in total. The van der Waals surface area contributed by atoms with Crippen LogP contribution in [0.3, 0.4) is 0 Å². The fourth-order valence-corrected chi connectivity index (χ4v) is 2.68. The molecule has 1 aliphatic rings. The van der Waals surface area contributed by atoms with Gasteiger partial charge in [0.05, 0.1) is 19.1 Å². The van der Waals surface area contributed by atoms with Gasteiger partial charge >= 0.3 is 0 Å². The van der Waals surface area contributed by atoms with Crippen LogP contribution in [-0.4, -0.2) is 31.1 Å². The Hall–Kier alpha value is -1.29. The molecule has 0 spiro atoms. The summed E-state index contributed by atoms with van der Waals surface area (Å²) in [5, 5.41) is 0. The molecule has 0 aliphatic heterocycles. The van der Waals surface area contributed by atoms with Crippen molar-refractivity contribution in [2.24, 2.45) is 5.92 Å². The lowest BCUT2D eigenvalue weighted by Gasteiger charge is -2.29. The van der Waals surface area contributed by atoms with E-state index in [0.29, 0.717) is 19.7 Å². The Morgan fingerprint density at radius 2 is 2.21 bits per heavy atom. The van der Waals surface area contributed by atoms with Gasteiger partial charge in [-0.1, -0.05) is 19.3 Å². The van der Waals surface area contributed by atoms with Gasteiger partial charge in [-0.3, -0.25) is 4.79 Å². The van der Waals surface area contributed by atoms with E-state index in [9.17, 15) is 4.79 Å². The number of carbonyl (C=O) groups excluding carboxylic acids is 1. The molecule has 1 aromatic rings. The molecule has 0 bridgehead atoms. The van der Waals surface area contributed by atoms with Crippen molar-refractivity contribution in [2.45, 2.75) is 38.6 Å². The predicted molar refractivity (Wildman–Crippen MR) is 72.6 cm³/mol. The van der Waals surface area contributed by atoms with Gasteiger partial charge in [0, 0.05) is 31.7 Å². The molecule has 1 fully saturated rings. The smallest absolute Gasteiger partial charge is 0.226 e. The SMILES string of the molecule is COCCN(Cc1ccoc1)C(=O)C1CCCCC1. The van der Waals surface area contributed by atoms with E-state index in [4.69, 9.17) is 9.15 Å². The maximum absolute atomic E-state index is 12.6. The third-order valence-corrected chi connectivity index (χ3v) is 3.78. The number of hydrogen-bond acceptors (Lipinski definition) is 3. The summed E-state index contributed by atoms with van der Waals surface area (Å²) in [6.45, 7) is 1.85. The van der Waals surface area contributed by atoms with E-state index in [-0.39, 0.29) is 11.8 Å². The van der Waals surface area contributed by atoms with E-state index in [0.717, 1.165) is 18.4 Å². The molecule has 1 aromatic heterocycles. The number of nitrogens with zero attached hydrogens (tertiary/aromatic N) is 1. The topological polar surface area (TPSA) is 42.7 Å². The number of rotatable bonds is 6. The van der Waals surface area contributed by atoms with E-state index in [1.165, 1.54) is 19.3 Å². The largest absolute Gasteiger partial charge is 0.472 e. The zero-order valence-corrected chi connectivity index (χ0v) is 11.6. The van der Waals surface area contributed by atoms with Gasteiger partial charge in [0.15, 0.2) is 0 Å². The summed E-state index contributed by atoms with van der Waals surface area (Å²) < 4.78 is 10.2. The molecule has 4 nitrogen and oxygen atoms in total. The highest BCUT2D eigenvalue weighted by atomic mass is 16.5. The van der Waals surface area contributed by atoms with Crippen LogP contribution >= 0.6 is 0 Å². The highest BCUT2D eigenvalue weighted by Crippen LogP contribution is 2.26. The average molecular weight is 265 g/mol. The molecule has 1 heterocycles. The number of amides is 1. The number of methoxy groups -OCH3 is 1. The highest BCUT2D eigenvalue weighted by Gasteiger charge is 2.25. The standard InChI is InChI=1S/C15H23NO3/c1-18-10-8-16(11-13-7-9-19-12-13)15(17)14-5-3-2-4-6-14/h7,9,12,14H,2-6,8,10-11H2,1H3. The molecule has 4 heteroatoms. The van der Waals surface area contributed by atoms with Crippen molar-refractivity contribution in [2.75, 3.05) is 20.3 Å². The van der Waals surface area contributed by atoms with Crippen molar-refractivity contribution in [3.63, 3.8) is 0 Å². The maximum Gasteiger partial charge on any atom is 0.226 e. The van der Waals surface area contributed by atoms with E-state index in [2.05, 4.69) is 0 Å². The summed E-state index contributed by atoms with van der Waals surface area (Å²) in [4.78, 5) is 14.5. The van der Waals surface area contributed by atoms with E-state index in [1.807, 2.05) is 11.0 Å². The predicted octanol–water partition coefficient (Wildman–Crippen LogP) is 2.83. The van der Waals surface area contributed by atoms with Crippen molar-refractivity contribution in [1.82, 2.24) is 4.90 Å². The molecular weight excluding hydrogens is 242 g/mol. The molecule has 19 heavy (non-hydrogen) atoms. The van der Waals surface area contributed by atoms with Gasteiger partial charge in [0.1, 0.15) is 0 Å². The van der Waals surface area contributed by atoms with Crippen LogP contribution in [0.2, 0.25) is 0 Å². The average Bonchev–Trinajstić information content (AvgIpc) is 2.96. The molecule has 106 valence electrons. The summed E-state index contributed by atoms with van der Waals surface area (Å²) in [5.74, 6) is 0.482. The van der Waals surface area contributed by atoms with Crippen LogP contribution in [0.1, 0.15) is 37.7 Å². The van der Waals surface area contributed by atoms with Crippen LogP contribution in [-0.2, 0) is 16.1 Å². The molecule has 0 aromatic carbocycles. The fraction of sp³-hybridized carbons (Fsp3) is 0.667. The summed E-state index contributed by atoms with van der Waals surface area (Å²) in [7, 11) is 1.67. The molecule has 2 rings (SSSR count). The first kappa shape index (κ1) is 14.1. The molecule has 0 radical (unpaired) electrons. The molecule has 1 amide bonds. The lowest BCUT2D eigenvalue weighted by molar-refractivity contribution is -0.137. The van der Waals surface area contributed by atoms with Crippen LogP contribution in [0.4, 0.5) is 0 Å². The van der Waals surface area contributed by atoms with Crippen LogP contribution in [0, 0.1) is 5.92 Å². The summed E-state index contributed by atoms with van der Waals surface area (Å²) in [5.41, 5.74) is 1.04. The third kappa shape index (κ3) is 4.10. The number of carbonyl (C=O) groups is 1. The van der Waals surface area contributed by atoms with Gasteiger partial charge in [-0.25, -0.2) is 0 Å². The van der Waals surface area contributed by atoms with Crippen molar-refractivity contribution in [1.29, 1.82) is 0 Å². The molecule has 0 atom stereocenters. The second-order valence-corrected chi connectivity index (χ2v) is 5.22. The summed E-state index contributed by atoms with van der Waals surface area (Å²) >= 11 is 0. The van der Waals surface area contributed by atoms with Crippen LogP contribution < -0.4 is 0 Å². The number of ether oxygens (including phenoxy) is 1. The third-order valence-electron chi connectivity index (χ3n) is 3.78. The van der Waals surface area contributed by atoms with Crippen molar-refractivity contribution in [3.8, 4) is 0 Å². The van der Waals surface area contributed by atoms with Crippen molar-refractivity contribution >= 4 is 5.91 Å². The Balaban J connectivity index is 1.96. The van der Waals surface area contributed by atoms with Gasteiger partial charge in [-0.2, -0.15) is 0 Å². The van der Waals surface area contributed by atoms with Crippen LogP contribution in [0.25, 0.3) is 0 Å². The maximum atomic E-state index is 12.6. The molecule has 1 saturated carbocycles. The van der Waals surface area contributed by atoms with Crippen LogP contribution in [0.15, 0.2) is 23.0 Å². The zero-order chi connectivity index (χ0) is 13.5. The second kappa shape index (κ2) is 7.34. The Morgan fingerprint density at radius 3 is 2.84 bits per heavy atom. The first-order chi connectivity index (χ1) is 9.31. The quantitative estimate of drug-likeness (QED) is 0.794. The van der Waals surface area contributed by atoms with Gasteiger partial charge in [0.2, 0.25) is 5.91 Å². The fourth-order valence-electron chi connectivity index (χ4n) is 2.68. The minimum Gasteiger partial charge on any atom is -0.472 e. The summed E-state index contributed by atoms with van der Waals surface area (Å²) in [6, 6.07) is 1.91. The number of hydrogen-bond donors (Lipinski definition) is 0. The molecule has 0 unspecified atom stereocenters. The zero-order valence-electron chi connectivity index (χ0n) is 11.6. The Kier molecular flexibility index (Phi) is 5.45. The normalized spacial score (nSPS) is 16.5. The van der Waals surface area contributed by atoms with Crippen molar-refractivity contribution in [3.05, 3.63) is 24.2 Å². The first-order valence-corrected chi connectivity index (χ1v) is 7.10. The van der Waals surface area contributed by atoms with Gasteiger partial charge < -0.3 is 14.1 Å². The Labute approximate surface area is 114 Å². The highest BCUT2D eigenvalue weighted by molar-refractivity contribution is 5.78. The van der Waals surface area contributed by atoms with E-state index in [1.54, 1.807) is 19.6 Å². The number of furan rings is 1. The lowest BCUT2D eigenvalue weighted by atomic mass is 9.88. The van der Waals surface area contributed by atoms with E-state index >= 15 is 0 Å². The monoisotopic (exact) mass is 265 g/mol. The van der Waals surface area contributed by atoms with Crippen molar-refractivity contribution < 1.29 is 13.9 Å². The first-order valence-electron chi connectivity index (χ1n) is 7.10.